The maximum Gasteiger partial charge on any atom is 0.161 e. The second kappa shape index (κ2) is 9.60. The van der Waals surface area contributed by atoms with Crippen LogP contribution in [0.5, 0.6) is 11.5 Å². The number of aliphatic hydroxyl groups is 1. The van der Waals surface area contributed by atoms with Gasteiger partial charge in [0.25, 0.3) is 0 Å². The van der Waals surface area contributed by atoms with Crippen LogP contribution >= 0.6 is 0 Å². The summed E-state index contributed by atoms with van der Waals surface area (Å²) in [5.41, 5.74) is 1.13. The first-order chi connectivity index (χ1) is 10.1. The van der Waals surface area contributed by atoms with E-state index in [1.165, 1.54) is 0 Å². The molecule has 1 unspecified atom stereocenters. The Morgan fingerprint density at radius 2 is 1.95 bits per heavy atom. The lowest BCUT2D eigenvalue weighted by Crippen LogP contribution is -2.23. The van der Waals surface area contributed by atoms with Gasteiger partial charge in [0.2, 0.25) is 0 Å². The lowest BCUT2D eigenvalue weighted by Gasteiger charge is -2.15. The standard InChI is InChI=1S/C16H27NO4/c1-5-20-10-14(18)11-21-15-7-6-13(8-16(15)19-4)9-17-12(2)3/h6-8,12,14,17-18H,5,9-11H2,1-4H3. The lowest BCUT2D eigenvalue weighted by molar-refractivity contribution is 0.0159. The van der Waals surface area contributed by atoms with Crippen molar-refractivity contribution in [1.29, 1.82) is 0 Å². The molecule has 0 radical (unpaired) electrons. The van der Waals surface area contributed by atoms with Crippen LogP contribution in [0.15, 0.2) is 18.2 Å². The maximum atomic E-state index is 9.70. The van der Waals surface area contributed by atoms with Crippen LogP contribution in [0.3, 0.4) is 0 Å². The zero-order chi connectivity index (χ0) is 15.7. The lowest BCUT2D eigenvalue weighted by atomic mass is 10.2. The van der Waals surface area contributed by atoms with Crippen molar-refractivity contribution in [3.63, 3.8) is 0 Å². The number of hydrogen-bond acceptors (Lipinski definition) is 5. The first-order valence-corrected chi connectivity index (χ1v) is 7.35. The number of hydrogen-bond donors (Lipinski definition) is 2. The molecule has 0 aliphatic carbocycles. The predicted octanol–water partition coefficient (Wildman–Crippen LogP) is 1.97. The minimum Gasteiger partial charge on any atom is -0.493 e. The zero-order valence-corrected chi connectivity index (χ0v) is 13.4. The van der Waals surface area contributed by atoms with E-state index in [1.807, 2.05) is 25.1 Å². The second-order valence-corrected chi connectivity index (χ2v) is 5.15. The molecule has 0 amide bonds. The molecule has 0 aliphatic heterocycles. The van der Waals surface area contributed by atoms with Gasteiger partial charge in [-0.25, -0.2) is 0 Å². The second-order valence-electron chi connectivity index (χ2n) is 5.15. The van der Waals surface area contributed by atoms with E-state index in [1.54, 1.807) is 7.11 Å². The van der Waals surface area contributed by atoms with Crippen molar-refractivity contribution in [3.05, 3.63) is 23.8 Å². The van der Waals surface area contributed by atoms with Crippen LogP contribution in [0, 0.1) is 0 Å². The maximum absolute atomic E-state index is 9.70. The fraction of sp³-hybridized carbons (Fsp3) is 0.625. The summed E-state index contributed by atoms with van der Waals surface area (Å²) in [5.74, 6) is 1.29. The van der Waals surface area contributed by atoms with E-state index in [0.717, 1.165) is 12.1 Å². The van der Waals surface area contributed by atoms with Gasteiger partial charge < -0.3 is 24.6 Å². The highest BCUT2D eigenvalue weighted by atomic mass is 16.5. The molecule has 1 aromatic carbocycles. The smallest absolute Gasteiger partial charge is 0.161 e. The van der Waals surface area contributed by atoms with Gasteiger partial charge in [-0.3, -0.25) is 0 Å². The number of rotatable bonds is 10. The first kappa shape index (κ1) is 17.8. The fourth-order valence-corrected chi connectivity index (χ4v) is 1.75. The summed E-state index contributed by atoms with van der Waals surface area (Å²) in [6.45, 7) is 7.91. The molecular formula is C16H27NO4. The van der Waals surface area contributed by atoms with Gasteiger partial charge in [0.1, 0.15) is 12.7 Å². The Morgan fingerprint density at radius 1 is 1.19 bits per heavy atom. The zero-order valence-electron chi connectivity index (χ0n) is 13.4. The van der Waals surface area contributed by atoms with Crippen molar-refractivity contribution in [1.82, 2.24) is 5.32 Å². The van der Waals surface area contributed by atoms with Gasteiger partial charge in [-0.15, -0.1) is 0 Å². The molecule has 0 bridgehead atoms. The monoisotopic (exact) mass is 297 g/mol. The molecule has 21 heavy (non-hydrogen) atoms. The van der Waals surface area contributed by atoms with Gasteiger partial charge in [-0.1, -0.05) is 19.9 Å². The van der Waals surface area contributed by atoms with Crippen molar-refractivity contribution in [2.75, 3.05) is 26.9 Å². The van der Waals surface area contributed by atoms with Gasteiger partial charge in [-0.2, -0.15) is 0 Å². The predicted molar refractivity (Wildman–Crippen MR) is 83.0 cm³/mol. The van der Waals surface area contributed by atoms with Gasteiger partial charge >= 0.3 is 0 Å². The van der Waals surface area contributed by atoms with Gasteiger partial charge in [0, 0.05) is 19.2 Å². The number of nitrogens with one attached hydrogen (secondary N) is 1. The van der Waals surface area contributed by atoms with Crippen LogP contribution in [-0.2, 0) is 11.3 Å². The minimum absolute atomic E-state index is 0.181. The molecule has 5 nitrogen and oxygen atoms in total. The largest absolute Gasteiger partial charge is 0.493 e. The third-order valence-corrected chi connectivity index (χ3v) is 2.89. The Morgan fingerprint density at radius 3 is 2.57 bits per heavy atom. The van der Waals surface area contributed by atoms with E-state index >= 15 is 0 Å². The number of benzene rings is 1. The molecule has 1 atom stereocenters. The third kappa shape index (κ3) is 6.80. The molecule has 0 saturated carbocycles. The van der Waals surface area contributed by atoms with Crippen molar-refractivity contribution in [2.45, 2.75) is 39.5 Å². The molecule has 0 saturated heterocycles. The van der Waals surface area contributed by atoms with E-state index in [9.17, 15) is 5.11 Å². The molecule has 0 aliphatic rings. The van der Waals surface area contributed by atoms with Gasteiger partial charge in [0.15, 0.2) is 11.5 Å². The van der Waals surface area contributed by atoms with Crippen LogP contribution in [0.1, 0.15) is 26.3 Å². The van der Waals surface area contributed by atoms with E-state index in [-0.39, 0.29) is 13.2 Å². The fourth-order valence-electron chi connectivity index (χ4n) is 1.75. The molecule has 0 heterocycles. The topological polar surface area (TPSA) is 60.0 Å². The highest BCUT2D eigenvalue weighted by Gasteiger charge is 2.10. The van der Waals surface area contributed by atoms with Gasteiger partial charge in [-0.05, 0) is 24.6 Å². The normalized spacial score (nSPS) is 12.5. The summed E-state index contributed by atoms with van der Waals surface area (Å²) in [7, 11) is 1.61. The van der Waals surface area contributed by atoms with Crippen LogP contribution < -0.4 is 14.8 Å². The van der Waals surface area contributed by atoms with Crippen LogP contribution in [0.4, 0.5) is 0 Å². The summed E-state index contributed by atoms with van der Waals surface area (Å²) in [5, 5.41) is 13.1. The number of methoxy groups -OCH3 is 1. The van der Waals surface area contributed by atoms with Crippen molar-refractivity contribution < 1.29 is 19.3 Å². The molecule has 0 aromatic heterocycles. The highest BCUT2D eigenvalue weighted by molar-refractivity contribution is 5.43. The van der Waals surface area contributed by atoms with Crippen molar-refractivity contribution >= 4 is 0 Å². The molecule has 0 fully saturated rings. The van der Waals surface area contributed by atoms with E-state index in [4.69, 9.17) is 14.2 Å². The Balaban J connectivity index is 2.57. The van der Waals surface area contributed by atoms with Crippen LogP contribution in [-0.4, -0.2) is 44.2 Å². The van der Waals surface area contributed by atoms with Crippen molar-refractivity contribution in [2.24, 2.45) is 0 Å². The summed E-state index contributed by atoms with van der Waals surface area (Å²) < 4.78 is 16.1. The first-order valence-electron chi connectivity index (χ1n) is 7.35. The van der Waals surface area contributed by atoms with Gasteiger partial charge in [0.05, 0.1) is 13.7 Å². The molecule has 1 aromatic rings. The van der Waals surface area contributed by atoms with E-state index in [2.05, 4.69) is 19.2 Å². The van der Waals surface area contributed by atoms with Crippen molar-refractivity contribution in [3.8, 4) is 11.5 Å². The quantitative estimate of drug-likeness (QED) is 0.691. The molecule has 0 spiro atoms. The summed E-state index contributed by atoms with van der Waals surface area (Å²) in [6.07, 6.45) is -0.642. The number of ether oxygens (including phenoxy) is 3. The third-order valence-electron chi connectivity index (χ3n) is 2.89. The Bertz CT molecular complexity index is 409. The average Bonchev–Trinajstić information content (AvgIpc) is 2.48. The van der Waals surface area contributed by atoms with Crippen LogP contribution in [0.25, 0.3) is 0 Å². The Labute approximate surface area is 127 Å². The van der Waals surface area contributed by atoms with E-state index < -0.39 is 6.10 Å². The van der Waals surface area contributed by atoms with Crippen LogP contribution in [0.2, 0.25) is 0 Å². The minimum atomic E-state index is -0.642. The molecular weight excluding hydrogens is 270 g/mol. The summed E-state index contributed by atoms with van der Waals surface area (Å²) >= 11 is 0. The molecule has 2 N–H and O–H groups in total. The summed E-state index contributed by atoms with van der Waals surface area (Å²) in [6, 6.07) is 6.23. The highest BCUT2D eigenvalue weighted by Crippen LogP contribution is 2.28. The van der Waals surface area contributed by atoms with E-state index in [0.29, 0.717) is 24.1 Å². The molecule has 120 valence electrons. The molecule has 5 heteroatoms. The summed E-state index contributed by atoms with van der Waals surface area (Å²) in [4.78, 5) is 0. The average molecular weight is 297 g/mol. The Hall–Kier alpha value is -1.30. The SMILES string of the molecule is CCOCC(O)COc1ccc(CNC(C)C)cc1OC. The Kier molecular flexibility index (Phi) is 8.12. The number of aliphatic hydroxyl groups excluding tert-OH is 1. The molecule has 1 rings (SSSR count).